The molecule has 0 fully saturated rings. The first-order chi connectivity index (χ1) is 52.9. The summed E-state index contributed by atoms with van der Waals surface area (Å²) in [4.78, 5) is 7.89. The fraction of sp³-hybridized carbons (Fsp3) is 0.106. The molecule has 0 saturated heterocycles. The predicted octanol–water partition coefficient (Wildman–Crippen LogP) is 28.1. The van der Waals surface area contributed by atoms with Crippen LogP contribution in [0.25, 0.3) is 177 Å². The van der Waals surface area contributed by atoms with Gasteiger partial charge in [-0.2, -0.15) is 0 Å². The second kappa shape index (κ2) is 23.6. The molecule has 0 unspecified atom stereocenters. The average Bonchev–Trinajstić information content (AvgIpc) is 1.37. The Kier molecular flexibility index (Phi) is 13.6. The number of hydrogen-bond donors (Lipinski definition) is 0. The number of para-hydroxylation sites is 2. The molecule has 17 aromatic rings. The van der Waals surface area contributed by atoms with Gasteiger partial charge < -0.3 is 9.64 Å². The number of imidazole rings is 1. The van der Waals surface area contributed by atoms with Gasteiger partial charge in [0.15, 0.2) is 11.5 Å². The normalized spacial score (nSPS) is 14.8. The van der Waals surface area contributed by atoms with E-state index in [1.54, 1.807) is 0 Å². The van der Waals surface area contributed by atoms with Crippen LogP contribution in [-0.4, -0.2) is 16.6 Å². The van der Waals surface area contributed by atoms with E-state index in [2.05, 4.69) is 360 Å². The molecule has 4 nitrogen and oxygen atoms in total. The summed E-state index contributed by atoms with van der Waals surface area (Å²) in [6, 6.07) is 108. The largest absolute Gasteiger partial charge is 0.453 e. The molecule has 4 aliphatic carbocycles. The van der Waals surface area contributed by atoms with E-state index < -0.39 is 0 Å². The number of ether oxygens (including phenoxy) is 1. The summed E-state index contributed by atoms with van der Waals surface area (Å²) in [5, 5.41) is 12.1. The minimum Gasteiger partial charge on any atom is -0.453 e. The zero-order valence-electron chi connectivity index (χ0n) is 61.1. The third kappa shape index (κ3) is 9.39. The van der Waals surface area contributed by atoms with Crippen molar-refractivity contribution in [3.63, 3.8) is 0 Å². The van der Waals surface area contributed by atoms with Crippen LogP contribution in [0.3, 0.4) is 0 Å². The second-order valence-corrected chi connectivity index (χ2v) is 31.5. The van der Waals surface area contributed by atoms with Gasteiger partial charge in [-0.1, -0.05) is 264 Å². The number of rotatable bonds is 8. The number of fused-ring (bicyclic) bond motifs is 15. The molecule has 0 amide bonds. The molecule has 0 bridgehead atoms. The Bertz CT molecular complexity index is 6920. The summed E-state index contributed by atoms with van der Waals surface area (Å²) in [5.74, 6) is 2.63. The molecule has 22 rings (SSSR count). The molecule has 16 aromatic carbocycles. The van der Waals surface area contributed by atoms with Gasteiger partial charge in [0.2, 0.25) is 0 Å². The number of benzene rings is 16. The van der Waals surface area contributed by atoms with Crippen LogP contribution in [0.5, 0.6) is 11.5 Å². The van der Waals surface area contributed by atoms with E-state index in [1.807, 2.05) is 0 Å². The van der Waals surface area contributed by atoms with E-state index in [4.69, 9.17) is 9.72 Å². The molecule has 0 radical (unpaired) electrons. The van der Waals surface area contributed by atoms with Crippen LogP contribution < -0.4 is 9.64 Å². The van der Waals surface area contributed by atoms with Crippen molar-refractivity contribution < 1.29 is 4.74 Å². The smallest absolute Gasteiger partial charge is 0.151 e. The Morgan fingerprint density at radius 3 is 1.56 bits per heavy atom. The number of aryl methyl sites for hydroxylation is 1. The third-order valence-electron chi connectivity index (χ3n) is 24.8. The molecule has 0 saturated carbocycles. The van der Waals surface area contributed by atoms with Crippen LogP contribution in [0.2, 0.25) is 0 Å². The van der Waals surface area contributed by atoms with Crippen LogP contribution in [-0.2, 0) is 17.3 Å². The van der Waals surface area contributed by atoms with E-state index in [-0.39, 0.29) is 10.8 Å². The quantitative estimate of drug-likeness (QED) is 0.142. The lowest BCUT2D eigenvalue weighted by Gasteiger charge is -2.31. The maximum Gasteiger partial charge on any atom is 0.151 e. The van der Waals surface area contributed by atoms with Crippen LogP contribution in [0.4, 0.5) is 11.4 Å². The first-order valence-corrected chi connectivity index (χ1v) is 38.3. The average molecular weight is 1380 g/mol. The molecule has 0 atom stereocenters. The maximum absolute atomic E-state index is 7.11. The first-order valence-electron chi connectivity index (χ1n) is 38.3. The molecule has 108 heavy (non-hydrogen) atoms. The SMILES string of the molecule is CN1c2ccc(-c3ccc4c(c3)C(C)(C)c3cc(-c5c6ccccc6c(-c6nc7ccccc7n6C6=CCCC=C6)c6ccc(-c7ccc8c(c7)CCC=C8)cc56)ccc3-4)cc2Oc2ccc(-c3c4ccccc4c(-c4ccc5c(c4)C(C)(C)c4ccccc4-5)c4cc(-c5ccc6ccccc6c5)ccc34)cc21. The zero-order chi connectivity index (χ0) is 71.8. The highest BCUT2D eigenvalue weighted by atomic mass is 16.5. The molecular formula is C104H75N3O. The van der Waals surface area contributed by atoms with E-state index in [1.165, 1.54) is 165 Å². The fourth-order valence-corrected chi connectivity index (χ4v) is 19.3. The van der Waals surface area contributed by atoms with E-state index >= 15 is 0 Å². The van der Waals surface area contributed by atoms with Gasteiger partial charge in [-0.25, -0.2) is 4.98 Å². The van der Waals surface area contributed by atoms with Crippen LogP contribution >= 0.6 is 0 Å². The summed E-state index contributed by atoms with van der Waals surface area (Å²) in [6.07, 6.45) is 15.7. The summed E-state index contributed by atoms with van der Waals surface area (Å²) in [7, 11) is 2.19. The summed E-state index contributed by atoms with van der Waals surface area (Å²) in [5.41, 5.74) is 33.7. The zero-order valence-corrected chi connectivity index (χ0v) is 61.1. The fourth-order valence-electron chi connectivity index (χ4n) is 19.3. The Morgan fingerprint density at radius 1 is 0.343 bits per heavy atom. The molecule has 4 heteroatoms. The van der Waals surface area contributed by atoms with E-state index in [0.29, 0.717) is 0 Å². The summed E-state index contributed by atoms with van der Waals surface area (Å²) in [6.45, 7) is 9.60. The standard InChI is InChI=1S/C104H75N3O/c1-103(2)88-32-18-17-27-76(88)77-47-42-72(58-90(77)103)99-81-29-14-13-28-80(81)98(84-49-40-68(55-86(84)99)66-37-35-62-21-9-11-23-64(62)53-66)74-45-52-96-95(60-74)106(5)94-51-44-71(61-97(94)108-96)70-39-46-78-79-48-43-73(59-91(79)104(3,4)89(78)57-70)100-82-30-15-16-31-83(82)101(102-105-92-33-19-20-34-93(92)107(102)75-25-7-6-8-26-75)85-50-41-69(56-87(85)100)67-38-36-63-22-10-12-24-65(63)54-67/h7,9-11,13-23,25-61H,6,8,12,24H2,1-5H3. The highest BCUT2D eigenvalue weighted by Gasteiger charge is 2.39. The number of nitrogens with zero attached hydrogens (tertiary/aromatic N) is 3. The number of anilines is 2. The number of aromatic nitrogens is 2. The van der Waals surface area contributed by atoms with Gasteiger partial charge in [0, 0.05) is 29.1 Å². The Morgan fingerprint density at radius 2 is 0.843 bits per heavy atom. The van der Waals surface area contributed by atoms with Gasteiger partial charge in [0.25, 0.3) is 0 Å². The van der Waals surface area contributed by atoms with Crippen molar-refractivity contribution in [2.75, 3.05) is 11.9 Å². The lowest BCUT2D eigenvalue weighted by Crippen LogP contribution is -2.16. The minimum absolute atomic E-state index is 0.146. The Balaban J connectivity index is 0.626. The third-order valence-corrected chi connectivity index (χ3v) is 24.8. The van der Waals surface area contributed by atoms with E-state index in [0.717, 1.165) is 87.7 Å². The maximum atomic E-state index is 7.11. The lowest BCUT2D eigenvalue weighted by atomic mass is 9.80. The molecule has 0 spiro atoms. The number of allylic oxidation sites excluding steroid dienone is 5. The highest BCUT2D eigenvalue weighted by Crippen LogP contribution is 2.57. The molecule has 0 N–H and O–H groups in total. The first kappa shape index (κ1) is 62.5. The van der Waals surface area contributed by atoms with Crippen molar-refractivity contribution in [2.45, 2.75) is 64.2 Å². The molecule has 2 heterocycles. The monoisotopic (exact) mass is 1380 g/mol. The molecular weight excluding hydrogens is 1310 g/mol. The molecule has 512 valence electrons. The van der Waals surface area contributed by atoms with Gasteiger partial charge in [-0.05, 0) is 281 Å². The van der Waals surface area contributed by atoms with Crippen LogP contribution in [0, 0.1) is 0 Å². The van der Waals surface area contributed by atoms with Crippen LogP contribution in [0.15, 0.2) is 309 Å². The molecule has 1 aromatic heterocycles. The van der Waals surface area contributed by atoms with E-state index in [9.17, 15) is 0 Å². The van der Waals surface area contributed by atoms with Crippen molar-refractivity contribution >= 4 is 88.0 Å². The van der Waals surface area contributed by atoms with Gasteiger partial charge in [0.05, 0.1) is 22.4 Å². The van der Waals surface area contributed by atoms with Crippen LogP contribution in [0.1, 0.15) is 80.3 Å². The summed E-state index contributed by atoms with van der Waals surface area (Å²) >= 11 is 0. The lowest BCUT2D eigenvalue weighted by molar-refractivity contribution is 0.476. The van der Waals surface area contributed by atoms with Crippen molar-refractivity contribution in [3.05, 3.63) is 343 Å². The predicted molar refractivity (Wildman–Crippen MR) is 455 cm³/mol. The molecule has 1 aliphatic heterocycles. The van der Waals surface area contributed by atoms with Crippen molar-refractivity contribution in [3.8, 4) is 112 Å². The summed E-state index contributed by atoms with van der Waals surface area (Å²) < 4.78 is 9.51. The van der Waals surface area contributed by atoms with Crippen molar-refractivity contribution in [1.29, 1.82) is 0 Å². The highest BCUT2D eigenvalue weighted by molar-refractivity contribution is 6.24. The Hall–Kier alpha value is -12.9. The Labute approximate surface area is 629 Å². The van der Waals surface area contributed by atoms with Crippen molar-refractivity contribution in [2.24, 2.45) is 0 Å². The second-order valence-electron chi connectivity index (χ2n) is 31.5. The topological polar surface area (TPSA) is 30.3 Å². The van der Waals surface area contributed by atoms with Gasteiger partial charge >= 0.3 is 0 Å². The van der Waals surface area contributed by atoms with Gasteiger partial charge in [-0.3, -0.25) is 4.57 Å². The van der Waals surface area contributed by atoms with Gasteiger partial charge in [-0.15, -0.1) is 0 Å². The molecule has 5 aliphatic rings. The van der Waals surface area contributed by atoms with Crippen molar-refractivity contribution in [1.82, 2.24) is 9.55 Å². The number of hydrogen-bond acceptors (Lipinski definition) is 3. The van der Waals surface area contributed by atoms with Gasteiger partial charge in [0.1, 0.15) is 5.82 Å². The minimum atomic E-state index is -0.318.